The Hall–Kier alpha value is -1.96. The van der Waals surface area contributed by atoms with E-state index in [0.717, 1.165) is 41.0 Å². The third-order valence-corrected chi connectivity index (χ3v) is 5.67. The minimum absolute atomic E-state index is 0. The van der Waals surface area contributed by atoms with Crippen LogP contribution in [0.4, 0.5) is 4.39 Å². The van der Waals surface area contributed by atoms with Gasteiger partial charge in [-0.1, -0.05) is 0 Å². The van der Waals surface area contributed by atoms with E-state index in [9.17, 15) is 9.18 Å². The molecular weight excluding hydrogens is 375 g/mol. The minimum atomic E-state index is -0.285. The number of fused-ring (bicyclic) bond motifs is 1. The van der Waals surface area contributed by atoms with Crippen LogP contribution in [0.25, 0.3) is 15.9 Å². The molecule has 1 aliphatic heterocycles. The van der Waals surface area contributed by atoms with Crippen LogP contribution in [-0.2, 0) is 0 Å². The Bertz CT molecular complexity index is 937. The number of benzene rings is 1. The lowest BCUT2D eigenvalue weighted by Gasteiger charge is -2.30. The van der Waals surface area contributed by atoms with Crippen molar-refractivity contribution >= 4 is 39.9 Å². The summed E-state index contributed by atoms with van der Waals surface area (Å²) in [5.41, 5.74) is 7.63. The Morgan fingerprint density at radius 1 is 1.35 bits per heavy atom. The summed E-state index contributed by atoms with van der Waals surface area (Å²) in [5.74, 6) is -0.256. The fraction of sp³-hybridized carbons (Fsp3) is 0.333. The topological polar surface area (TPSA) is 64.2 Å². The van der Waals surface area contributed by atoms with Gasteiger partial charge in [-0.2, -0.15) is 5.10 Å². The first-order valence-corrected chi connectivity index (χ1v) is 9.14. The van der Waals surface area contributed by atoms with Crippen LogP contribution < -0.4 is 5.73 Å². The van der Waals surface area contributed by atoms with E-state index in [4.69, 9.17) is 5.73 Å². The summed E-state index contributed by atoms with van der Waals surface area (Å²) < 4.78 is 15.0. The fourth-order valence-electron chi connectivity index (χ4n) is 3.26. The first kappa shape index (κ1) is 18.8. The van der Waals surface area contributed by atoms with Gasteiger partial charge in [0.25, 0.3) is 5.91 Å². The maximum absolute atomic E-state index is 13.2. The van der Waals surface area contributed by atoms with E-state index in [-0.39, 0.29) is 30.2 Å². The van der Waals surface area contributed by atoms with Crippen LogP contribution in [0.3, 0.4) is 0 Å². The highest BCUT2D eigenvalue weighted by atomic mass is 35.5. The van der Waals surface area contributed by atoms with Gasteiger partial charge in [0.1, 0.15) is 10.6 Å². The SMILES string of the molecule is Cc1nn(-c2ccc(F)cc2)c2sc(C(=O)N3CCCC(N)C3)cc12.Cl. The van der Waals surface area contributed by atoms with E-state index in [1.165, 1.54) is 23.5 Å². The second-order valence-corrected chi connectivity index (χ2v) is 7.49. The molecule has 1 amide bonds. The van der Waals surface area contributed by atoms with Crippen molar-refractivity contribution in [2.45, 2.75) is 25.8 Å². The van der Waals surface area contributed by atoms with E-state index in [1.54, 1.807) is 16.8 Å². The number of carbonyl (C=O) groups excluding carboxylic acids is 1. The van der Waals surface area contributed by atoms with Gasteiger partial charge >= 0.3 is 0 Å². The second-order valence-electron chi connectivity index (χ2n) is 6.46. The number of carbonyl (C=O) groups is 1. The number of hydrogen-bond donors (Lipinski definition) is 1. The number of aromatic nitrogens is 2. The van der Waals surface area contributed by atoms with E-state index in [1.807, 2.05) is 17.9 Å². The van der Waals surface area contributed by atoms with E-state index in [0.29, 0.717) is 11.4 Å². The van der Waals surface area contributed by atoms with E-state index >= 15 is 0 Å². The Morgan fingerprint density at radius 2 is 2.08 bits per heavy atom. The van der Waals surface area contributed by atoms with Crippen molar-refractivity contribution in [1.82, 2.24) is 14.7 Å². The number of nitrogens with two attached hydrogens (primary N) is 1. The molecule has 1 unspecified atom stereocenters. The molecule has 1 atom stereocenters. The van der Waals surface area contributed by atoms with E-state index < -0.39 is 0 Å². The molecule has 1 saturated heterocycles. The molecule has 3 heterocycles. The average Bonchev–Trinajstić information content (AvgIpc) is 3.16. The summed E-state index contributed by atoms with van der Waals surface area (Å²) in [5, 5.41) is 5.49. The monoisotopic (exact) mass is 394 g/mol. The normalized spacial score (nSPS) is 17.3. The van der Waals surface area contributed by atoms with Crippen molar-refractivity contribution in [3.8, 4) is 5.69 Å². The molecule has 26 heavy (non-hydrogen) atoms. The lowest BCUT2D eigenvalue weighted by atomic mass is 10.1. The van der Waals surface area contributed by atoms with Crippen molar-refractivity contribution < 1.29 is 9.18 Å². The maximum atomic E-state index is 13.2. The standard InChI is InChI=1S/C18H19FN4OS.ClH/c1-11-15-9-16(17(24)22-8-2-3-13(20)10-22)25-18(15)23(21-11)14-6-4-12(19)5-7-14;/h4-7,9,13H,2-3,8,10,20H2,1H3;1H. The second kappa shape index (κ2) is 7.34. The van der Waals surface area contributed by atoms with Crippen LogP contribution in [0.5, 0.6) is 0 Å². The number of halogens is 2. The molecule has 1 aliphatic rings. The molecule has 0 bridgehead atoms. The first-order valence-electron chi connectivity index (χ1n) is 8.33. The van der Waals surface area contributed by atoms with Crippen LogP contribution in [-0.4, -0.2) is 39.7 Å². The summed E-state index contributed by atoms with van der Waals surface area (Å²) in [6.07, 6.45) is 1.91. The van der Waals surface area contributed by atoms with Gasteiger partial charge in [0.15, 0.2) is 0 Å². The van der Waals surface area contributed by atoms with Gasteiger partial charge in [-0.3, -0.25) is 4.79 Å². The minimum Gasteiger partial charge on any atom is -0.336 e. The third-order valence-electron chi connectivity index (χ3n) is 4.57. The number of hydrogen-bond acceptors (Lipinski definition) is 4. The van der Waals surface area contributed by atoms with Crippen LogP contribution in [0, 0.1) is 12.7 Å². The van der Waals surface area contributed by atoms with Crippen molar-refractivity contribution in [3.63, 3.8) is 0 Å². The molecule has 2 N–H and O–H groups in total. The molecule has 0 spiro atoms. The number of likely N-dealkylation sites (tertiary alicyclic amines) is 1. The van der Waals surface area contributed by atoms with Gasteiger partial charge in [0.05, 0.1) is 16.3 Å². The van der Waals surface area contributed by atoms with Crippen molar-refractivity contribution in [3.05, 3.63) is 46.7 Å². The summed E-state index contributed by atoms with van der Waals surface area (Å²) >= 11 is 1.42. The number of piperidine rings is 1. The molecule has 2 aromatic heterocycles. The van der Waals surface area contributed by atoms with Crippen LogP contribution in [0.1, 0.15) is 28.2 Å². The molecule has 4 rings (SSSR count). The van der Waals surface area contributed by atoms with Gasteiger partial charge in [-0.15, -0.1) is 23.7 Å². The Morgan fingerprint density at radius 3 is 2.77 bits per heavy atom. The molecular formula is C18H20ClFN4OS. The summed E-state index contributed by atoms with van der Waals surface area (Å²) in [6, 6.07) is 8.16. The van der Waals surface area contributed by atoms with Crippen LogP contribution in [0.2, 0.25) is 0 Å². The van der Waals surface area contributed by atoms with Crippen molar-refractivity contribution in [2.24, 2.45) is 5.73 Å². The van der Waals surface area contributed by atoms with Crippen molar-refractivity contribution in [1.29, 1.82) is 0 Å². The largest absolute Gasteiger partial charge is 0.336 e. The quantitative estimate of drug-likeness (QED) is 0.723. The molecule has 0 radical (unpaired) electrons. The predicted octanol–water partition coefficient (Wildman–Crippen LogP) is 3.52. The van der Waals surface area contributed by atoms with Crippen LogP contribution in [0.15, 0.2) is 30.3 Å². The number of aryl methyl sites for hydroxylation is 1. The van der Waals surface area contributed by atoms with E-state index in [2.05, 4.69) is 5.10 Å². The van der Waals surface area contributed by atoms with Gasteiger partial charge in [0, 0.05) is 24.5 Å². The average molecular weight is 395 g/mol. The molecule has 138 valence electrons. The zero-order valence-corrected chi connectivity index (χ0v) is 15.9. The summed E-state index contributed by atoms with van der Waals surface area (Å²) in [7, 11) is 0. The lowest BCUT2D eigenvalue weighted by Crippen LogP contribution is -2.45. The van der Waals surface area contributed by atoms with Crippen LogP contribution >= 0.6 is 23.7 Å². The third kappa shape index (κ3) is 3.34. The maximum Gasteiger partial charge on any atom is 0.264 e. The Kier molecular flexibility index (Phi) is 5.32. The smallest absolute Gasteiger partial charge is 0.264 e. The molecule has 1 aromatic carbocycles. The number of nitrogens with zero attached hydrogens (tertiary/aromatic N) is 3. The van der Waals surface area contributed by atoms with Gasteiger partial charge < -0.3 is 10.6 Å². The lowest BCUT2D eigenvalue weighted by molar-refractivity contribution is 0.0714. The summed E-state index contributed by atoms with van der Waals surface area (Å²) in [4.78, 5) is 16.2. The molecule has 1 fully saturated rings. The zero-order chi connectivity index (χ0) is 17.6. The summed E-state index contributed by atoms with van der Waals surface area (Å²) in [6.45, 7) is 3.28. The van der Waals surface area contributed by atoms with Gasteiger partial charge in [-0.25, -0.2) is 9.07 Å². The number of thiophene rings is 1. The highest BCUT2D eigenvalue weighted by molar-refractivity contribution is 7.20. The highest BCUT2D eigenvalue weighted by Gasteiger charge is 2.25. The zero-order valence-electron chi connectivity index (χ0n) is 14.3. The Balaban J connectivity index is 0.00000196. The first-order chi connectivity index (χ1) is 12.0. The van der Waals surface area contributed by atoms with Crippen molar-refractivity contribution in [2.75, 3.05) is 13.1 Å². The molecule has 0 aliphatic carbocycles. The molecule has 3 aromatic rings. The number of rotatable bonds is 2. The Labute approximate surface area is 161 Å². The van der Waals surface area contributed by atoms with Gasteiger partial charge in [0.2, 0.25) is 0 Å². The molecule has 8 heteroatoms. The fourth-order valence-corrected chi connectivity index (χ4v) is 4.41. The van der Waals surface area contributed by atoms with Gasteiger partial charge in [-0.05, 0) is 50.1 Å². The molecule has 0 saturated carbocycles. The highest BCUT2D eigenvalue weighted by Crippen LogP contribution is 2.31. The number of amides is 1. The predicted molar refractivity (Wildman–Crippen MR) is 104 cm³/mol. The molecule has 5 nitrogen and oxygen atoms in total.